The van der Waals surface area contributed by atoms with Gasteiger partial charge in [-0.2, -0.15) is 0 Å². The van der Waals surface area contributed by atoms with Crippen LogP contribution in [0, 0.1) is 11.8 Å². The van der Waals surface area contributed by atoms with E-state index in [1.54, 1.807) is 0 Å². The van der Waals surface area contributed by atoms with E-state index >= 15 is 0 Å². The van der Waals surface area contributed by atoms with Crippen LogP contribution in [0.1, 0.15) is 24.5 Å². The van der Waals surface area contributed by atoms with Crippen LogP contribution in [0.5, 0.6) is 5.75 Å². The number of Topliss-reactive ketones (excluding diaryl/α,β-unsaturated/α-hetero) is 2. The zero-order chi connectivity index (χ0) is 23.9. The maximum Gasteiger partial charge on any atom is 1.00 e. The predicted molar refractivity (Wildman–Crippen MR) is 110 cm³/mol. The normalized spacial score (nSPS) is 33.3. The van der Waals surface area contributed by atoms with Crippen molar-refractivity contribution in [3.63, 3.8) is 0 Å². The number of aliphatic hydroxyl groups is 4. The van der Waals surface area contributed by atoms with Gasteiger partial charge in [-0.05, 0) is 39.1 Å². The minimum atomic E-state index is -2.75. The van der Waals surface area contributed by atoms with E-state index < -0.39 is 75.0 Å². The molecule has 7 N–H and O–H groups in total. The topological polar surface area (TPSA) is 182 Å². The van der Waals surface area contributed by atoms with Crippen molar-refractivity contribution in [3.8, 4) is 5.75 Å². The Bertz CT molecular complexity index is 1160. The van der Waals surface area contributed by atoms with Gasteiger partial charge >= 0.3 is 29.6 Å². The fourth-order valence-electron chi connectivity index (χ4n) is 5.50. The van der Waals surface area contributed by atoms with E-state index in [0.29, 0.717) is 0 Å². The van der Waals surface area contributed by atoms with Crippen LogP contribution in [0.15, 0.2) is 35.1 Å². The molecule has 0 heterocycles. The van der Waals surface area contributed by atoms with Crippen LogP contribution in [0.4, 0.5) is 0 Å². The number of carbonyl (C=O) groups excluding carboxylic acids is 3. The van der Waals surface area contributed by atoms with Gasteiger partial charge in [0.25, 0.3) is 5.91 Å². The van der Waals surface area contributed by atoms with Crippen LogP contribution in [0.2, 0.25) is 0 Å². The van der Waals surface area contributed by atoms with Crippen LogP contribution in [0.3, 0.4) is 0 Å². The Labute approximate surface area is 211 Å². The van der Waals surface area contributed by atoms with Crippen LogP contribution in [-0.2, 0) is 20.0 Å². The molecule has 1 aromatic rings. The van der Waals surface area contributed by atoms with Gasteiger partial charge in [0.2, 0.25) is 5.78 Å². The molecule has 0 bridgehead atoms. The summed E-state index contributed by atoms with van der Waals surface area (Å²) in [4.78, 5) is 40.0. The van der Waals surface area contributed by atoms with Gasteiger partial charge in [-0.3, -0.25) is 19.3 Å². The Balaban J connectivity index is 0.00000306. The number of hydrogen-bond acceptors (Lipinski definition) is 9. The van der Waals surface area contributed by atoms with Crippen molar-refractivity contribution in [1.29, 1.82) is 0 Å². The summed E-state index contributed by atoms with van der Waals surface area (Å²) in [5, 5.41) is 54.9. The molecule has 1 fully saturated rings. The number of likely N-dealkylation sites (N-methyl/N-ethyl adjacent to an activating group) is 1. The third-order valence-electron chi connectivity index (χ3n) is 7.02. The number of rotatable bonds is 2. The van der Waals surface area contributed by atoms with Gasteiger partial charge < -0.3 is 31.3 Å². The number of phenols is 1. The van der Waals surface area contributed by atoms with Gasteiger partial charge in [-0.25, -0.2) is 0 Å². The number of benzene rings is 1. The SMILES string of the molecule is CN(C)[C@@H]1C(=O)C(C(N)=O)=C(O)[C@@]2(O)C(=O)C3=C(O)c4c(O)cccc4[C@@](C)(O)[C@H]3C[C@@H]12.[Na+]. The molecule has 5 atom stereocenters. The number of phenolic OH excluding ortho intramolecular Hbond substituents is 1. The van der Waals surface area contributed by atoms with Gasteiger partial charge in [0.15, 0.2) is 11.4 Å². The quantitative estimate of drug-likeness (QED) is 0.191. The van der Waals surface area contributed by atoms with E-state index in [9.17, 15) is 39.9 Å². The number of carbonyl (C=O) groups is 3. The van der Waals surface area contributed by atoms with Gasteiger partial charge in [0.1, 0.15) is 22.8 Å². The number of aromatic hydroxyl groups is 1. The Morgan fingerprint density at radius 2 is 1.76 bits per heavy atom. The second-order valence-electron chi connectivity index (χ2n) is 8.96. The summed E-state index contributed by atoms with van der Waals surface area (Å²) in [6.45, 7) is 1.40. The Morgan fingerprint density at radius 3 is 2.30 bits per heavy atom. The molecule has 0 aromatic heterocycles. The van der Waals surface area contributed by atoms with Crippen LogP contribution in [0.25, 0.3) is 5.76 Å². The molecular formula is C22H24N2NaO8+. The smallest absolute Gasteiger partial charge is 0.508 e. The maximum atomic E-state index is 13.7. The van der Waals surface area contributed by atoms with Crippen molar-refractivity contribution < 1.29 is 69.5 Å². The van der Waals surface area contributed by atoms with Gasteiger partial charge in [0.05, 0.1) is 17.2 Å². The molecule has 33 heavy (non-hydrogen) atoms. The molecule has 1 aromatic carbocycles. The van der Waals surface area contributed by atoms with E-state index in [1.807, 2.05) is 0 Å². The molecule has 10 nitrogen and oxygen atoms in total. The van der Waals surface area contributed by atoms with Crippen molar-refractivity contribution in [3.05, 3.63) is 46.2 Å². The molecule has 3 aliphatic rings. The molecule has 3 aliphatic carbocycles. The molecule has 0 aliphatic heterocycles. The molecule has 0 radical (unpaired) electrons. The third-order valence-corrected chi connectivity index (χ3v) is 7.02. The van der Waals surface area contributed by atoms with Crippen molar-refractivity contribution in [2.45, 2.75) is 30.6 Å². The molecule has 0 saturated heterocycles. The molecule has 4 rings (SSSR count). The number of nitrogens with two attached hydrogens (primary N) is 1. The predicted octanol–water partition coefficient (Wildman–Crippen LogP) is -3.37. The zero-order valence-corrected chi connectivity index (χ0v) is 20.7. The Hall–Kier alpha value is -2.21. The zero-order valence-electron chi connectivity index (χ0n) is 18.7. The largest absolute Gasteiger partial charge is 1.00 e. The number of hydrogen-bond donors (Lipinski definition) is 6. The Morgan fingerprint density at radius 1 is 1.15 bits per heavy atom. The van der Waals surface area contributed by atoms with Gasteiger partial charge in [0, 0.05) is 17.4 Å². The Kier molecular flexibility index (Phi) is 6.11. The maximum absolute atomic E-state index is 13.7. The monoisotopic (exact) mass is 467 g/mol. The average molecular weight is 467 g/mol. The molecule has 0 unspecified atom stereocenters. The van der Waals surface area contributed by atoms with Crippen molar-refractivity contribution in [2.75, 3.05) is 14.1 Å². The second kappa shape index (κ2) is 7.93. The first-order valence-electron chi connectivity index (χ1n) is 9.97. The molecule has 11 heteroatoms. The number of amides is 1. The summed E-state index contributed by atoms with van der Waals surface area (Å²) in [7, 11) is 3.01. The summed E-state index contributed by atoms with van der Waals surface area (Å²) < 4.78 is 0. The fourth-order valence-corrected chi connectivity index (χ4v) is 5.50. The van der Waals surface area contributed by atoms with Crippen LogP contribution >= 0.6 is 0 Å². The minimum Gasteiger partial charge on any atom is -0.508 e. The number of aliphatic hydroxyl groups excluding tert-OH is 2. The molecule has 1 saturated carbocycles. The van der Waals surface area contributed by atoms with Crippen molar-refractivity contribution in [2.24, 2.45) is 17.6 Å². The van der Waals surface area contributed by atoms with E-state index in [2.05, 4.69) is 0 Å². The van der Waals surface area contributed by atoms with Crippen molar-refractivity contribution in [1.82, 2.24) is 4.90 Å². The second-order valence-corrected chi connectivity index (χ2v) is 8.96. The number of fused-ring (bicyclic) bond motifs is 3. The van der Waals surface area contributed by atoms with E-state index in [0.717, 1.165) is 0 Å². The van der Waals surface area contributed by atoms with Crippen LogP contribution < -0.4 is 35.3 Å². The summed E-state index contributed by atoms with van der Waals surface area (Å²) in [5.74, 6) is -7.90. The third kappa shape index (κ3) is 3.13. The first kappa shape index (κ1) is 25.4. The van der Waals surface area contributed by atoms with Gasteiger partial charge in [-0.15, -0.1) is 0 Å². The summed E-state index contributed by atoms with van der Waals surface area (Å²) >= 11 is 0. The molecule has 0 spiro atoms. The minimum absolute atomic E-state index is 0. The van der Waals surface area contributed by atoms with Crippen LogP contribution in [-0.4, -0.2) is 73.6 Å². The summed E-state index contributed by atoms with van der Waals surface area (Å²) in [6.07, 6.45) is -0.200. The van der Waals surface area contributed by atoms with E-state index in [1.165, 1.54) is 44.1 Å². The van der Waals surface area contributed by atoms with Gasteiger partial charge in [-0.1, -0.05) is 12.1 Å². The molecule has 1 amide bonds. The number of nitrogens with zero attached hydrogens (tertiary/aromatic N) is 1. The number of primary amides is 1. The first-order valence-corrected chi connectivity index (χ1v) is 9.97. The first-order chi connectivity index (χ1) is 14.8. The molecular weight excluding hydrogens is 443 g/mol. The fraction of sp³-hybridized carbons (Fsp3) is 0.409. The number of ketones is 2. The van der Waals surface area contributed by atoms with E-state index in [4.69, 9.17) is 5.73 Å². The van der Waals surface area contributed by atoms with Crippen molar-refractivity contribution >= 4 is 23.2 Å². The summed E-state index contributed by atoms with van der Waals surface area (Å²) in [5.41, 5.74) is -0.548. The summed E-state index contributed by atoms with van der Waals surface area (Å²) in [6, 6.07) is 3.02. The standard InChI is InChI=1S/C22H24N2O8.Na/c1-21(31)8-5-4-6-11(25)12(8)16(26)13-9(21)7-10-15(24(2)3)17(27)14(20(23)30)19(29)22(10,32)18(13)28;/h4-6,9-10,15,25-26,29,31-32H,7H2,1-3H3,(H2,23,30);/q;+1/t9-,10-,15-,21+,22-;/m0./s1. The average Bonchev–Trinajstić information content (AvgIpc) is 2.68. The molecule has 170 valence electrons. The van der Waals surface area contributed by atoms with E-state index in [-0.39, 0.29) is 47.1 Å².